The summed E-state index contributed by atoms with van der Waals surface area (Å²) in [5.41, 5.74) is 0.885. The number of rotatable bonds is 4. The van der Waals surface area contributed by atoms with Crippen molar-refractivity contribution >= 4 is 5.97 Å². The third-order valence-corrected chi connectivity index (χ3v) is 3.07. The molecular formula is C15H14O5. The Hall–Kier alpha value is -2.43. The SMILES string of the molecule is O=C(O)CCc1ccc(-c2ccc3c(c2)OCCO3)o1. The van der Waals surface area contributed by atoms with Crippen molar-refractivity contribution in [1.29, 1.82) is 0 Å². The summed E-state index contributed by atoms with van der Waals surface area (Å²) in [6.07, 6.45) is 0.452. The van der Waals surface area contributed by atoms with E-state index >= 15 is 0 Å². The Morgan fingerprint density at radius 2 is 1.90 bits per heavy atom. The van der Waals surface area contributed by atoms with Crippen LogP contribution in [-0.2, 0) is 11.2 Å². The van der Waals surface area contributed by atoms with Crippen molar-refractivity contribution in [2.24, 2.45) is 0 Å². The first-order chi connectivity index (χ1) is 9.72. The van der Waals surface area contributed by atoms with Crippen LogP contribution in [0, 0.1) is 0 Å². The van der Waals surface area contributed by atoms with Gasteiger partial charge in [-0.05, 0) is 30.3 Å². The van der Waals surface area contributed by atoms with Crippen LogP contribution >= 0.6 is 0 Å². The molecular weight excluding hydrogens is 260 g/mol. The molecule has 0 unspecified atom stereocenters. The fourth-order valence-electron chi connectivity index (χ4n) is 2.09. The van der Waals surface area contributed by atoms with Gasteiger partial charge < -0.3 is 19.0 Å². The largest absolute Gasteiger partial charge is 0.486 e. The number of carboxylic acid groups (broad SMARTS) is 1. The second-order valence-electron chi connectivity index (χ2n) is 4.52. The lowest BCUT2D eigenvalue weighted by atomic mass is 10.1. The fraction of sp³-hybridized carbons (Fsp3) is 0.267. The minimum Gasteiger partial charge on any atom is -0.486 e. The summed E-state index contributed by atoms with van der Waals surface area (Å²) in [5.74, 6) is 1.97. The molecule has 0 aliphatic carbocycles. The number of ether oxygens (including phenoxy) is 2. The first-order valence-corrected chi connectivity index (χ1v) is 6.43. The van der Waals surface area contributed by atoms with E-state index in [1.165, 1.54) is 0 Å². The van der Waals surface area contributed by atoms with E-state index in [4.69, 9.17) is 19.0 Å². The Balaban J connectivity index is 1.80. The van der Waals surface area contributed by atoms with Crippen LogP contribution in [-0.4, -0.2) is 24.3 Å². The highest BCUT2D eigenvalue weighted by molar-refractivity contribution is 5.67. The molecule has 0 saturated heterocycles. The van der Waals surface area contributed by atoms with Gasteiger partial charge in [0.15, 0.2) is 11.5 Å². The summed E-state index contributed by atoms with van der Waals surface area (Å²) in [4.78, 5) is 10.5. The molecule has 1 N–H and O–H groups in total. The normalized spacial score (nSPS) is 13.2. The number of fused-ring (bicyclic) bond motifs is 1. The predicted molar refractivity (Wildman–Crippen MR) is 71.1 cm³/mol. The van der Waals surface area contributed by atoms with Gasteiger partial charge in [-0.3, -0.25) is 4.79 Å². The Morgan fingerprint density at radius 3 is 2.70 bits per heavy atom. The standard InChI is InChI=1S/C15H14O5/c16-15(17)6-3-11-2-5-12(20-11)10-1-4-13-14(9-10)19-8-7-18-13/h1-2,4-5,9H,3,6-8H2,(H,16,17). The second-order valence-corrected chi connectivity index (χ2v) is 4.52. The number of hydrogen-bond donors (Lipinski definition) is 1. The van der Waals surface area contributed by atoms with Gasteiger partial charge in [0.25, 0.3) is 0 Å². The topological polar surface area (TPSA) is 68.9 Å². The molecule has 0 fully saturated rings. The Bertz CT molecular complexity index is 629. The minimum atomic E-state index is -0.831. The summed E-state index contributed by atoms with van der Waals surface area (Å²) in [5, 5.41) is 8.66. The zero-order chi connectivity index (χ0) is 13.9. The van der Waals surface area contributed by atoms with E-state index in [1.54, 1.807) is 6.07 Å². The van der Waals surface area contributed by atoms with E-state index in [1.807, 2.05) is 24.3 Å². The van der Waals surface area contributed by atoms with Crippen molar-refractivity contribution in [3.8, 4) is 22.8 Å². The molecule has 0 atom stereocenters. The third-order valence-electron chi connectivity index (χ3n) is 3.07. The number of carboxylic acids is 1. The molecule has 1 aromatic carbocycles. The van der Waals surface area contributed by atoms with Crippen molar-refractivity contribution in [3.63, 3.8) is 0 Å². The van der Waals surface area contributed by atoms with Crippen LogP contribution < -0.4 is 9.47 Å². The molecule has 0 saturated carbocycles. The molecule has 3 rings (SSSR count). The van der Waals surface area contributed by atoms with Gasteiger partial charge in [-0.2, -0.15) is 0 Å². The van der Waals surface area contributed by atoms with E-state index in [2.05, 4.69) is 0 Å². The smallest absolute Gasteiger partial charge is 0.303 e. The van der Waals surface area contributed by atoms with Gasteiger partial charge in [-0.15, -0.1) is 0 Å². The first-order valence-electron chi connectivity index (χ1n) is 6.43. The molecule has 0 spiro atoms. The van der Waals surface area contributed by atoms with E-state index in [-0.39, 0.29) is 6.42 Å². The van der Waals surface area contributed by atoms with Crippen molar-refractivity contribution in [3.05, 3.63) is 36.1 Å². The highest BCUT2D eigenvalue weighted by Crippen LogP contribution is 2.35. The molecule has 0 bridgehead atoms. The molecule has 1 aromatic heterocycles. The lowest BCUT2D eigenvalue weighted by Crippen LogP contribution is -2.15. The Morgan fingerprint density at radius 1 is 1.10 bits per heavy atom. The predicted octanol–water partition coefficient (Wildman–Crippen LogP) is 2.74. The van der Waals surface area contributed by atoms with E-state index in [9.17, 15) is 4.79 Å². The van der Waals surface area contributed by atoms with Gasteiger partial charge in [-0.25, -0.2) is 0 Å². The van der Waals surface area contributed by atoms with Crippen molar-refractivity contribution in [1.82, 2.24) is 0 Å². The average molecular weight is 274 g/mol. The van der Waals surface area contributed by atoms with Crippen LogP contribution in [0.3, 0.4) is 0 Å². The summed E-state index contributed by atoms with van der Waals surface area (Å²) in [6, 6.07) is 9.25. The van der Waals surface area contributed by atoms with Crippen molar-refractivity contribution in [2.75, 3.05) is 13.2 Å². The molecule has 5 heteroatoms. The molecule has 20 heavy (non-hydrogen) atoms. The van der Waals surface area contributed by atoms with E-state index < -0.39 is 5.97 Å². The zero-order valence-corrected chi connectivity index (χ0v) is 10.8. The van der Waals surface area contributed by atoms with Crippen LogP contribution in [0.4, 0.5) is 0 Å². The van der Waals surface area contributed by atoms with Crippen LogP contribution in [0.5, 0.6) is 11.5 Å². The maximum absolute atomic E-state index is 10.5. The van der Waals surface area contributed by atoms with Crippen molar-refractivity contribution in [2.45, 2.75) is 12.8 Å². The van der Waals surface area contributed by atoms with Gasteiger partial charge >= 0.3 is 5.97 Å². The fourth-order valence-corrected chi connectivity index (χ4v) is 2.09. The van der Waals surface area contributed by atoms with Gasteiger partial charge in [-0.1, -0.05) is 0 Å². The maximum atomic E-state index is 10.5. The number of aliphatic carboxylic acids is 1. The minimum absolute atomic E-state index is 0.0636. The number of aryl methyl sites for hydroxylation is 1. The summed E-state index contributed by atoms with van der Waals surface area (Å²) < 4.78 is 16.6. The molecule has 2 heterocycles. The zero-order valence-electron chi connectivity index (χ0n) is 10.8. The summed E-state index contributed by atoms with van der Waals surface area (Å²) >= 11 is 0. The van der Waals surface area contributed by atoms with E-state index in [0.717, 1.165) is 11.3 Å². The summed E-state index contributed by atoms with van der Waals surface area (Å²) in [7, 11) is 0. The Kier molecular flexibility index (Phi) is 3.33. The Labute approximate surface area is 115 Å². The van der Waals surface area contributed by atoms with Gasteiger partial charge in [0.05, 0.1) is 6.42 Å². The third kappa shape index (κ3) is 2.61. The average Bonchev–Trinajstić information content (AvgIpc) is 2.93. The van der Waals surface area contributed by atoms with Crippen molar-refractivity contribution < 1.29 is 23.8 Å². The van der Waals surface area contributed by atoms with Crippen LogP contribution in [0.1, 0.15) is 12.2 Å². The lowest BCUT2D eigenvalue weighted by molar-refractivity contribution is -0.137. The highest BCUT2D eigenvalue weighted by Gasteiger charge is 2.14. The molecule has 1 aliphatic heterocycles. The highest BCUT2D eigenvalue weighted by atomic mass is 16.6. The summed E-state index contributed by atoms with van der Waals surface area (Å²) in [6.45, 7) is 1.10. The maximum Gasteiger partial charge on any atom is 0.303 e. The number of benzene rings is 1. The number of furan rings is 1. The monoisotopic (exact) mass is 274 g/mol. The van der Waals surface area contributed by atoms with Gasteiger partial charge in [0, 0.05) is 12.0 Å². The van der Waals surface area contributed by atoms with Gasteiger partial charge in [0.1, 0.15) is 24.7 Å². The number of hydrogen-bond acceptors (Lipinski definition) is 4. The van der Waals surface area contributed by atoms with E-state index in [0.29, 0.717) is 36.9 Å². The molecule has 0 amide bonds. The van der Waals surface area contributed by atoms with Crippen LogP contribution in [0.15, 0.2) is 34.7 Å². The van der Waals surface area contributed by atoms with Gasteiger partial charge in [0.2, 0.25) is 0 Å². The molecule has 1 aliphatic rings. The van der Waals surface area contributed by atoms with Crippen LogP contribution in [0.2, 0.25) is 0 Å². The second kappa shape index (κ2) is 5.28. The molecule has 2 aromatic rings. The molecule has 0 radical (unpaired) electrons. The molecule has 104 valence electrons. The quantitative estimate of drug-likeness (QED) is 0.928. The number of carbonyl (C=O) groups is 1. The first kappa shape index (κ1) is 12.6. The van der Waals surface area contributed by atoms with Crippen LogP contribution in [0.25, 0.3) is 11.3 Å². The lowest BCUT2D eigenvalue weighted by Gasteiger charge is -2.18. The molecule has 5 nitrogen and oxygen atoms in total.